The van der Waals surface area contributed by atoms with Gasteiger partial charge < -0.3 is 0 Å². The van der Waals surface area contributed by atoms with E-state index in [1.165, 1.54) is 18.2 Å². The molecule has 0 atom stereocenters. The van der Waals surface area contributed by atoms with Gasteiger partial charge in [0.05, 0.1) is 4.90 Å². The maximum absolute atomic E-state index is 12.4. The topological polar surface area (TPSA) is 57.9 Å². The molecule has 0 spiro atoms. The van der Waals surface area contributed by atoms with E-state index in [1.807, 2.05) is 6.92 Å². The third kappa shape index (κ3) is 3.52. The highest BCUT2D eigenvalue weighted by Gasteiger charge is 2.20. The molecule has 0 fully saturated rings. The van der Waals surface area contributed by atoms with Crippen molar-refractivity contribution in [3.8, 4) is 6.07 Å². The number of rotatable bonds is 3. The van der Waals surface area contributed by atoms with E-state index in [-0.39, 0.29) is 9.80 Å². The first-order valence-corrected chi connectivity index (χ1v) is 7.99. The quantitative estimate of drug-likeness (QED) is 0.804. The molecule has 3 nitrogen and oxygen atoms in total. The molecule has 0 radical (unpaired) electrons. The van der Waals surface area contributed by atoms with Gasteiger partial charge in [-0.3, -0.25) is 0 Å². The lowest BCUT2D eigenvalue weighted by Gasteiger charge is -2.04. The second kappa shape index (κ2) is 6.13. The van der Waals surface area contributed by atoms with Crippen molar-refractivity contribution in [2.45, 2.75) is 11.8 Å². The third-order valence-corrected chi connectivity index (χ3v) is 4.79. The average Bonchev–Trinajstić information content (AvgIpc) is 2.45. The Hall–Kier alpha value is -2.09. The number of hydrogen-bond donors (Lipinski definition) is 0. The van der Waals surface area contributed by atoms with Crippen molar-refractivity contribution in [1.82, 2.24) is 0 Å². The van der Waals surface area contributed by atoms with Crippen molar-refractivity contribution in [3.63, 3.8) is 0 Å². The van der Waals surface area contributed by atoms with Crippen molar-refractivity contribution in [3.05, 3.63) is 69.6 Å². The Kier molecular flexibility index (Phi) is 4.46. The second-order valence-corrected chi connectivity index (χ2v) is 6.85. The van der Waals surface area contributed by atoms with Gasteiger partial charge in [0.15, 0.2) is 0 Å². The largest absolute Gasteiger partial charge is 0.218 e. The monoisotopic (exact) mass is 317 g/mol. The normalized spacial score (nSPS) is 12.0. The summed E-state index contributed by atoms with van der Waals surface area (Å²) in [6.07, 6.45) is 1.32. The lowest BCUT2D eigenvalue weighted by Crippen LogP contribution is -2.03. The molecule has 0 aliphatic heterocycles. The summed E-state index contributed by atoms with van der Waals surface area (Å²) in [4.78, 5) is -0.212. The molecule has 0 aromatic heterocycles. The minimum atomic E-state index is -3.82. The van der Waals surface area contributed by atoms with E-state index < -0.39 is 9.84 Å². The molecule has 0 unspecified atom stereocenters. The molecule has 2 rings (SSSR count). The maximum atomic E-state index is 12.4. The molecule has 106 valence electrons. The third-order valence-electron chi connectivity index (χ3n) is 2.88. The first kappa shape index (κ1) is 15.3. The van der Waals surface area contributed by atoms with Crippen molar-refractivity contribution < 1.29 is 8.42 Å². The van der Waals surface area contributed by atoms with E-state index in [2.05, 4.69) is 0 Å². The average molecular weight is 318 g/mol. The van der Waals surface area contributed by atoms with Crippen LogP contribution in [0.5, 0.6) is 0 Å². The van der Waals surface area contributed by atoms with Gasteiger partial charge in [-0.05, 0) is 42.8 Å². The SMILES string of the molecule is Cc1ccc(S(=O)(=O)/C(C#N)=C\c2cccc(Cl)c2)cc1. The van der Waals surface area contributed by atoms with E-state index in [1.54, 1.807) is 42.5 Å². The van der Waals surface area contributed by atoms with E-state index >= 15 is 0 Å². The Bertz CT molecular complexity index is 831. The molecule has 0 aliphatic carbocycles. The van der Waals surface area contributed by atoms with Gasteiger partial charge in [0.25, 0.3) is 0 Å². The van der Waals surface area contributed by atoms with Crippen LogP contribution in [0, 0.1) is 18.3 Å². The van der Waals surface area contributed by atoms with Crippen LogP contribution in [-0.2, 0) is 9.84 Å². The number of benzene rings is 2. The summed E-state index contributed by atoms with van der Waals surface area (Å²) in [5.41, 5.74) is 1.51. The van der Waals surface area contributed by atoms with E-state index in [0.717, 1.165) is 5.56 Å². The molecule has 21 heavy (non-hydrogen) atoms. The highest BCUT2D eigenvalue weighted by Crippen LogP contribution is 2.22. The zero-order chi connectivity index (χ0) is 15.5. The number of allylic oxidation sites excluding steroid dienone is 1. The summed E-state index contributed by atoms with van der Waals surface area (Å²) < 4.78 is 24.9. The molecular weight excluding hydrogens is 306 g/mol. The summed E-state index contributed by atoms with van der Waals surface area (Å²) in [5, 5.41) is 9.66. The lowest BCUT2D eigenvalue weighted by atomic mass is 10.2. The first-order chi connectivity index (χ1) is 9.93. The minimum Gasteiger partial charge on any atom is -0.218 e. The van der Waals surface area contributed by atoms with Crippen molar-refractivity contribution >= 4 is 27.5 Å². The highest BCUT2D eigenvalue weighted by atomic mass is 35.5. The smallest absolute Gasteiger partial charge is 0.216 e. The number of nitrogens with zero attached hydrogens (tertiary/aromatic N) is 1. The van der Waals surface area contributed by atoms with Crippen LogP contribution in [0.4, 0.5) is 0 Å². The Balaban J connectivity index is 2.50. The predicted molar refractivity (Wildman–Crippen MR) is 83.4 cm³/mol. The van der Waals surface area contributed by atoms with Gasteiger partial charge in [0.1, 0.15) is 11.0 Å². The number of hydrogen-bond acceptors (Lipinski definition) is 3. The maximum Gasteiger partial charge on any atom is 0.216 e. The molecule has 0 aliphatic rings. The van der Waals surface area contributed by atoms with Crippen molar-refractivity contribution in [2.24, 2.45) is 0 Å². The van der Waals surface area contributed by atoms with Gasteiger partial charge in [-0.25, -0.2) is 8.42 Å². The fourth-order valence-corrected chi connectivity index (χ4v) is 3.12. The molecular formula is C16H12ClNO2S. The Morgan fingerprint density at radius 2 is 1.86 bits per heavy atom. The predicted octanol–water partition coefficient (Wildman–Crippen LogP) is 3.99. The molecule has 5 heteroatoms. The Labute approximate surface area is 129 Å². The molecule has 0 heterocycles. The van der Waals surface area contributed by atoms with Crippen molar-refractivity contribution in [1.29, 1.82) is 5.26 Å². The Morgan fingerprint density at radius 1 is 1.19 bits per heavy atom. The molecule has 2 aromatic rings. The Morgan fingerprint density at radius 3 is 2.43 bits per heavy atom. The van der Waals surface area contributed by atoms with Gasteiger partial charge in [-0.2, -0.15) is 5.26 Å². The van der Waals surface area contributed by atoms with Crippen LogP contribution in [0.15, 0.2) is 58.3 Å². The number of aryl methyl sites for hydroxylation is 1. The van der Waals surface area contributed by atoms with Crippen LogP contribution in [0.1, 0.15) is 11.1 Å². The molecule has 0 saturated carbocycles. The van der Waals surface area contributed by atoms with E-state index in [0.29, 0.717) is 10.6 Å². The zero-order valence-electron chi connectivity index (χ0n) is 11.2. The first-order valence-electron chi connectivity index (χ1n) is 6.12. The van der Waals surface area contributed by atoms with E-state index in [4.69, 9.17) is 11.6 Å². The molecule has 0 amide bonds. The fraction of sp³-hybridized carbons (Fsp3) is 0.0625. The number of sulfone groups is 1. The molecule has 0 N–H and O–H groups in total. The van der Waals surface area contributed by atoms with Crippen LogP contribution in [0.3, 0.4) is 0 Å². The summed E-state index contributed by atoms with van der Waals surface area (Å²) in [5.74, 6) is 0. The summed E-state index contributed by atoms with van der Waals surface area (Å²) in [7, 11) is -3.82. The number of nitriles is 1. The van der Waals surface area contributed by atoms with Crippen LogP contribution in [0.2, 0.25) is 5.02 Å². The molecule has 0 bridgehead atoms. The fourth-order valence-electron chi connectivity index (χ4n) is 1.76. The minimum absolute atomic E-state index is 0.0999. The lowest BCUT2D eigenvalue weighted by molar-refractivity contribution is 0.603. The highest BCUT2D eigenvalue weighted by molar-refractivity contribution is 7.95. The van der Waals surface area contributed by atoms with Crippen molar-refractivity contribution in [2.75, 3.05) is 0 Å². The zero-order valence-corrected chi connectivity index (χ0v) is 12.8. The number of halogens is 1. The van der Waals surface area contributed by atoms with Crippen LogP contribution in [0.25, 0.3) is 6.08 Å². The molecule has 2 aromatic carbocycles. The van der Waals surface area contributed by atoms with E-state index in [9.17, 15) is 13.7 Å². The summed E-state index contributed by atoms with van der Waals surface area (Å²) in [6.45, 7) is 1.86. The van der Waals surface area contributed by atoms with Crippen LogP contribution >= 0.6 is 11.6 Å². The second-order valence-electron chi connectivity index (χ2n) is 4.49. The van der Waals surface area contributed by atoms with Gasteiger partial charge in [-0.15, -0.1) is 0 Å². The van der Waals surface area contributed by atoms with Crippen LogP contribution in [-0.4, -0.2) is 8.42 Å². The summed E-state index contributed by atoms with van der Waals surface area (Å²) in [6, 6.07) is 14.8. The van der Waals surface area contributed by atoms with Gasteiger partial charge in [0.2, 0.25) is 9.84 Å². The van der Waals surface area contributed by atoms with Crippen LogP contribution < -0.4 is 0 Å². The summed E-state index contributed by atoms with van der Waals surface area (Å²) >= 11 is 5.86. The standard InChI is InChI=1S/C16H12ClNO2S/c1-12-5-7-15(8-6-12)21(19,20)16(11-18)10-13-3-2-4-14(17)9-13/h2-10H,1H3/b16-10-. The molecule has 0 saturated heterocycles. The van der Waals surface area contributed by atoms with Gasteiger partial charge in [0, 0.05) is 5.02 Å². The van der Waals surface area contributed by atoms with Gasteiger partial charge in [-0.1, -0.05) is 41.4 Å². The van der Waals surface area contributed by atoms with Gasteiger partial charge >= 0.3 is 0 Å².